The van der Waals surface area contributed by atoms with Crippen molar-refractivity contribution in [2.75, 3.05) is 0 Å². The average molecular weight is 237 g/mol. The normalized spacial score (nSPS) is 11.1. The zero-order valence-electron chi connectivity index (χ0n) is 12.2. The van der Waals surface area contributed by atoms with E-state index in [0.717, 1.165) is 0 Å². The van der Waals surface area contributed by atoms with Gasteiger partial charge in [0.05, 0.1) is 0 Å². The van der Waals surface area contributed by atoms with E-state index in [1.165, 1.54) is 11.3 Å². The van der Waals surface area contributed by atoms with Crippen LogP contribution in [-0.4, -0.2) is 4.98 Å². The van der Waals surface area contributed by atoms with Crippen LogP contribution in [0.25, 0.3) is 0 Å². The Morgan fingerprint density at radius 2 is 1.35 bits per heavy atom. The van der Waals surface area contributed by atoms with E-state index in [-0.39, 0.29) is 18.3 Å². The molecule has 0 atom stereocenters. The van der Waals surface area contributed by atoms with Crippen LogP contribution in [0.1, 0.15) is 74.1 Å². The minimum atomic E-state index is 0. The Balaban J connectivity index is 0. The molecule has 0 radical (unpaired) electrons. The smallest absolute Gasteiger partial charge is 0.0494 e. The second-order valence-corrected chi connectivity index (χ2v) is 5.90. The lowest BCUT2D eigenvalue weighted by atomic mass is 9.78. The molecule has 0 bridgehead atoms. The Morgan fingerprint density at radius 3 is 1.65 bits per heavy atom. The van der Waals surface area contributed by atoms with Crippen LogP contribution in [0.2, 0.25) is 0 Å². The van der Waals surface area contributed by atoms with E-state index < -0.39 is 0 Å². The van der Waals surface area contributed by atoms with E-state index in [1.54, 1.807) is 0 Å². The Hall–Kier alpha value is -0.850. The third-order valence-corrected chi connectivity index (χ3v) is 2.33. The molecule has 0 spiro atoms. The Kier molecular flexibility index (Phi) is 7.38. The van der Waals surface area contributed by atoms with Gasteiger partial charge in [0.2, 0.25) is 0 Å². The highest BCUT2D eigenvalue weighted by molar-refractivity contribution is 5.31. The first kappa shape index (κ1) is 18.5. The molecular weight excluding hydrogens is 206 g/mol. The van der Waals surface area contributed by atoms with Gasteiger partial charge in [-0.1, -0.05) is 68.9 Å². The summed E-state index contributed by atoms with van der Waals surface area (Å²) >= 11 is 0. The Labute approximate surface area is 109 Å². The predicted molar refractivity (Wildman–Crippen MR) is 79.7 cm³/mol. The molecule has 17 heavy (non-hydrogen) atoms. The van der Waals surface area contributed by atoms with Crippen LogP contribution < -0.4 is 0 Å². The zero-order valence-corrected chi connectivity index (χ0v) is 12.2. The lowest BCUT2D eigenvalue weighted by Crippen LogP contribution is -2.23. The number of pyridine rings is 1. The second kappa shape index (κ2) is 6.78. The molecule has 1 nitrogen and oxygen atoms in total. The van der Waals surface area contributed by atoms with Crippen molar-refractivity contribution < 1.29 is 0 Å². The van der Waals surface area contributed by atoms with Gasteiger partial charge in [0.25, 0.3) is 0 Å². The van der Waals surface area contributed by atoms with Gasteiger partial charge in [-0.15, -0.1) is 0 Å². The van der Waals surface area contributed by atoms with Gasteiger partial charge >= 0.3 is 0 Å². The summed E-state index contributed by atoms with van der Waals surface area (Å²) in [7, 11) is 0. The van der Waals surface area contributed by atoms with E-state index >= 15 is 0 Å². The molecule has 0 saturated heterocycles. The number of hydrogen-bond acceptors (Lipinski definition) is 1. The van der Waals surface area contributed by atoms with Gasteiger partial charge in [-0.25, -0.2) is 0 Å². The molecule has 0 aliphatic carbocycles. The molecule has 0 aromatic carbocycles. The molecule has 1 heterocycles. The first-order valence-corrected chi connectivity index (χ1v) is 6.19. The maximum absolute atomic E-state index is 4.52. The lowest BCUT2D eigenvalue weighted by Gasteiger charge is -2.28. The fraction of sp³-hybridized carbons (Fsp3) is 0.688. The van der Waals surface area contributed by atoms with Crippen molar-refractivity contribution in [2.24, 2.45) is 0 Å². The molecule has 0 aliphatic rings. The summed E-state index contributed by atoms with van der Waals surface area (Å²) in [6.07, 6.45) is 1.88. The Bertz CT molecular complexity index is 280. The third kappa shape index (κ3) is 5.34. The fourth-order valence-electron chi connectivity index (χ4n) is 1.61. The first-order chi connectivity index (χ1) is 7.23. The van der Waals surface area contributed by atoms with Gasteiger partial charge in [0.15, 0.2) is 0 Å². The molecule has 0 saturated carbocycles. The molecule has 0 fully saturated rings. The molecule has 1 aromatic heterocycles. The standard InChI is InChI=1S/C13H21N.C2H6.CH4/c1-12(2,3)10-8-7-9-14-11(10)13(4,5)6;1-2;/h7-9H,1-6H3;1-2H3;1H4. The van der Waals surface area contributed by atoms with Crippen LogP contribution in [0.3, 0.4) is 0 Å². The topological polar surface area (TPSA) is 12.9 Å². The minimum absolute atomic E-state index is 0. The summed E-state index contributed by atoms with van der Waals surface area (Å²) < 4.78 is 0. The van der Waals surface area contributed by atoms with Gasteiger partial charge < -0.3 is 0 Å². The quantitative estimate of drug-likeness (QED) is 0.593. The van der Waals surface area contributed by atoms with Crippen molar-refractivity contribution in [1.29, 1.82) is 0 Å². The lowest BCUT2D eigenvalue weighted by molar-refractivity contribution is 0.514. The number of nitrogens with zero attached hydrogens (tertiary/aromatic N) is 1. The van der Waals surface area contributed by atoms with Crippen molar-refractivity contribution in [3.05, 3.63) is 29.6 Å². The second-order valence-electron chi connectivity index (χ2n) is 5.90. The average Bonchev–Trinajstić information content (AvgIpc) is 2.18. The molecule has 0 amide bonds. The van der Waals surface area contributed by atoms with Gasteiger partial charge in [0, 0.05) is 17.3 Å². The molecule has 0 N–H and O–H groups in total. The summed E-state index contributed by atoms with van der Waals surface area (Å²) in [6, 6.07) is 4.21. The summed E-state index contributed by atoms with van der Waals surface area (Å²) in [6.45, 7) is 17.3. The molecular formula is C16H31N. The van der Waals surface area contributed by atoms with Gasteiger partial charge in [0.1, 0.15) is 0 Å². The predicted octanol–water partition coefficient (Wildman–Crippen LogP) is 5.34. The number of hydrogen-bond donors (Lipinski definition) is 0. The maximum atomic E-state index is 4.52. The van der Waals surface area contributed by atoms with Crippen molar-refractivity contribution in [3.63, 3.8) is 0 Å². The van der Waals surface area contributed by atoms with E-state index in [0.29, 0.717) is 0 Å². The van der Waals surface area contributed by atoms with E-state index in [1.807, 2.05) is 26.1 Å². The highest BCUT2D eigenvalue weighted by atomic mass is 14.7. The van der Waals surface area contributed by atoms with E-state index in [2.05, 4.69) is 52.6 Å². The van der Waals surface area contributed by atoms with Gasteiger partial charge in [-0.3, -0.25) is 4.98 Å². The largest absolute Gasteiger partial charge is 0.260 e. The third-order valence-electron chi connectivity index (χ3n) is 2.33. The molecule has 0 unspecified atom stereocenters. The van der Waals surface area contributed by atoms with Crippen LogP contribution in [0.4, 0.5) is 0 Å². The molecule has 0 aliphatic heterocycles. The van der Waals surface area contributed by atoms with Crippen LogP contribution >= 0.6 is 0 Å². The SMILES string of the molecule is C.CC.CC(C)(C)c1cccnc1C(C)(C)C. The van der Waals surface area contributed by atoms with Crippen molar-refractivity contribution in [1.82, 2.24) is 4.98 Å². The van der Waals surface area contributed by atoms with Crippen molar-refractivity contribution >= 4 is 0 Å². The maximum Gasteiger partial charge on any atom is 0.0494 e. The number of rotatable bonds is 0. The van der Waals surface area contributed by atoms with Gasteiger partial charge in [-0.2, -0.15) is 0 Å². The summed E-state index contributed by atoms with van der Waals surface area (Å²) in [4.78, 5) is 4.52. The molecule has 1 aromatic rings. The summed E-state index contributed by atoms with van der Waals surface area (Å²) in [5.41, 5.74) is 2.88. The van der Waals surface area contributed by atoms with Crippen LogP contribution in [0, 0.1) is 0 Å². The van der Waals surface area contributed by atoms with Gasteiger partial charge in [-0.05, 0) is 17.0 Å². The van der Waals surface area contributed by atoms with E-state index in [4.69, 9.17) is 0 Å². The van der Waals surface area contributed by atoms with Crippen molar-refractivity contribution in [2.45, 2.75) is 73.6 Å². The highest BCUT2D eigenvalue weighted by Gasteiger charge is 2.25. The van der Waals surface area contributed by atoms with E-state index in [9.17, 15) is 0 Å². The highest BCUT2D eigenvalue weighted by Crippen LogP contribution is 2.31. The molecule has 100 valence electrons. The minimum Gasteiger partial charge on any atom is -0.260 e. The summed E-state index contributed by atoms with van der Waals surface area (Å²) in [5.74, 6) is 0. The Morgan fingerprint density at radius 1 is 0.882 bits per heavy atom. The zero-order chi connectivity index (χ0) is 13.0. The summed E-state index contributed by atoms with van der Waals surface area (Å²) in [5, 5.41) is 0. The van der Waals surface area contributed by atoms with Crippen LogP contribution in [0.15, 0.2) is 18.3 Å². The van der Waals surface area contributed by atoms with Crippen LogP contribution in [0.5, 0.6) is 0 Å². The van der Waals surface area contributed by atoms with Crippen molar-refractivity contribution in [3.8, 4) is 0 Å². The first-order valence-electron chi connectivity index (χ1n) is 6.19. The fourth-order valence-corrected chi connectivity index (χ4v) is 1.61. The molecule has 1 rings (SSSR count). The molecule has 1 heteroatoms. The monoisotopic (exact) mass is 237 g/mol. The van der Waals surface area contributed by atoms with Crippen LogP contribution in [-0.2, 0) is 10.8 Å². The number of aromatic nitrogens is 1.